The number of ether oxygens (including phenoxy) is 1. The molecule has 0 amide bonds. The van der Waals surface area contributed by atoms with Gasteiger partial charge in [-0.3, -0.25) is 0 Å². The molecule has 0 fully saturated rings. The minimum atomic E-state index is -4.61. The van der Waals surface area contributed by atoms with E-state index < -0.39 is 12.0 Å². The average Bonchev–Trinajstić information content (AvgIpc) is 2.32. The van der Waals surface area contributed by atoms with Crippen LogP contribution in [0.25, 0.3) is 0 Å². The molecule has 0 spiro atoms. The van der Waals surface area contributed by atoms with Crippen LogP contribution in [0.15, 0.2) is 6.07 Å². The molecule has 108 valence electrons. The minimum absolute atomic E-state index is 0.0582. The van der Waals surface area contributed by atoms with Crippen molar-refractivity contribution in [2.75, 3.05) is 25.1 Å². The van der Waals surface area contributed by atoms with Crippen LogP contribution in [0.5, 0.6) is 0 Å². The van der Waals surface area contributed by atoms with E-state index in [1.165, 1.54) is 6.07 Å². The van der Waals surface area contributed by atoms with Gasteiger partial charge in [0.2, 0.25) is 5.82 Å². The van der Waals surface area contributed by atoms with Crippen LogP contribution in [0.2, 0.25) is 5.15 Å². The molecule has 0 saturated heterocycles. The maximum Gasteiger partial charge on any atom is 0.451 e. The highest BCUT2D eigenvalue weighted by Gasteiger charge is 2.35. The van der Waals surface area contributed by atoms with Crippen LogP contribution in [0.3, 0.4) is 0 Å². The molecule has 8 heteroatoms. The molecule has 1 rings (SSSR count). The van der Waals surface area contributed by atoms with Crippen molar-refractivity contribution in [3.63, 3.8) is 0 Å². The average molecular weight is 298 g/mol. The maximum absolute atomic E-state index is 12.4. The third kappa shape index (κ3) is 6.07. The lowest BCUT2D eigenvalue weighted by Crippen LogP contribution is -2.14. The topological polar surface area (TPSA) is 47.0 Å². The van der Waals surface area contributed by atoms with Crippen LogP contribution in [0.1, 0.15) is 25.6 Å². The minimum Gasteiger partial charge on any atom is -0.381 e. The van der Waals surface area contributed by atoms with Gasteiger partial charge in [-0.05, 0) is 12.8 Å². The number of hydrogen-bond acceptors (Lipinski definition) is 4. The van der Waals surface area contributed by atoms with Gasteiger partial charge in [0, 0.05) is 25.8 Å². The summed E-state index contributed by atoms with van der Waals surface area (Å²) in [5.74, 6) is -1.19. The second kappa shape index (κ2) is 7.49. The highest BCUT2D eigenvalue weighted by molar-refractivity contribution is 6.29. The van der Waals surface area contributed by atoms with E-state index in [0.717, 1.165) is 6.42 Å². The first kappa shape index (κ1) is 16.0. The lowest BCUT2D eigenvalue weighted by atomic mass is 10.4. The molecule has 0 aliphatic carbocycles. The predicted molar refractivity (Wildman–Crippen MR) is 66.3 cm³/mol. The Morgan fingerprint density at radius 3 is 2.68 bits per heavy atom. The molecule has 1 aromatic rings. The fourth-order valence-electron chi connectivity index (χ4n) is 1.27. The SMILES string of the molecule is CCCOCCCNc1cc(Cl)nc(C(F)(F)F)n1. The Bertz CT molecular complexity index is 401. The standard InChI is InChI=1S/C11H15ClF3N3O/c1-2-5-19-6-3-4-16-9-7-8(12)17-10(18-9)11(13,14)15/h7H,2-6H2,1H3,(H,16,17,18). The molecule has 0 radical (unpaired) electrons. The van der Waals surface area contributed by atoms with E-state index in [4.69, 9.17) is 16.3 Å². The second-order valence-corrected chi connectivity index (χ2v) is 4.18. The number of halogens is 4. The van der Waals surface area contributed by atoms with E-state index in [2.05, 4.69) is 15.3 Å². The van der Waals surface area contributed by atoms with E-state index >= 15 is 0 Å². The van der Waals surface area contributed by atoms with Gasteiger partial charge in [-0.1, -0.05) is 18.5 Å². The second-order valence-electron chi connectivity index (χ2n) is 3.79. The van der Waals surface area contributed by atoms with Gasteiger partial charge < -0.3 is 10.1 Å². The number of nitrogens with one attached hydrogen (secondary N) is 1. The molecule has 0 atom stereocenters. The lowest BCUT2D eigenvalue weighted by Gasteiger charge is -2.09. The van der Waals surface area contributed by atoms with Gasteiger partial charge in [0.1, 0.15) is 11.0 Å². The van der Waals surface area contributed by atoms with Gasteiger partial charge in [0.05, 0.1) is 0 Å². The summed E-state index contributed by atoms with van der Waals surface area (Å²) in [6.07, 6.45) is -3.00. The van der Waals surface area contributed by atoms with Crippen molar-refractivity contribution >= 4 is 17.4 Å². The molecule has 4 nitrogen and oxygen atoms in total. The molecule has 1 N–H and O–H groups in total. The molecule has 0 saturated carbocycles. The van der Waals surface area contributed by atoms with Crippen molar-refractivity contribution in [3.8, 4) is 0 Å². The predicted octanol–water partition coefficient (Wildman–Crippen LogP) is 3.38. The molecular weight excluding hydrogens is 283 g/mol. The molecule has 0 unspecified atom stereocenters. The van der Waals surface area contributed by atoms with Crippen LogP contribution in [0.4, 0.5) is 19.0 Å². The molecule has 19 heavy (non-hydrogen) atoms. The van der Waals surface area contributed by atoms with E-state index in [1.807, 2.05) is 6.92 Å². The zero-order chi connectivity index (χ0) is 14.3. The Labute approximate surface area is 114 Å². The van der Waals surface area contributed by atoms with E-state index in [0.29, 0.717) is 26.2 Å². The fourth-order valence-corrected chi connectivity index (χ4v) is 1.46. The zero-order valence-corrected chi connectivity index (χ0v) is 11.2. The monoisotopic (exact) mass is 297 g/mol. The van der Waals surface area contributed by atoms with Gasteiger partial charge in [-0.2, -0.15) is 13.2 Å². The van der Waals surface area contributed by atoms with Crippen LogP contribution in [-0.4, -0.2) is 29.7 Å². The molecule has 0 aromatic carbocycles. The first-order valence-electron chi connectivity index (χ1n) is 5.87. The fraction of sp³-hybridized carbons (Fsp3) is 0.636. The molecule has 0 aliphatic rings. The van der Waals surface area contributed by atoms with Gasteiger partial charge in [0.25, 0.3) is 0 Å². The Morgan fingerprint density at radius 2 is 2.05 bits per heavy atom. The maximum atomic E-state index is 12.4. The smallest absolute Gasteiger partial charge is 0.381 e. The Kier molecular flexibility index (Phi) is 6.30. The largest absolute Gasteiger partial charge is 0.451 e. The summed E-state index contributed by atoms with van der Waals surface area (Å²) in [7, 11) is 0. The van der Waals surface area contributed by atoms with Crippen molar-refractivity contribution < 1.29 is 17.9 Å². The van der Waals surface area contributed by atoms with Crippen LogP contribution < -0.4 is 5.32 Å². The van der Waals surface area contributed by atoms with Crippen molar-refractivity contribution in [2.24, 2.45) is 0 Å². The summed E-state index contributed by atoms with van der Waals surface area (Å²) in [6.45, 7) is 3.68. The number of rotatable bonds is 7. The Hall–Kier alpha value is -1.08. The van der Waals surface area contributed by atoms with Gasteiger partial charge >= 0.3 is 6.18 Å². The number of hydrogen-bond donors (Lipinski definition) is 1. The normalized spacial score (nSPS) is 11.6. The molecular formula is C11H15ClF3N3O. The number of anilines is 1. The van der Waals surface area contributed by atoms with Crippen LogP contribution >= 0.6 is 11.6 Å². The third-order valence-corrected chi connectivity index (χ3v) is 2.26. The molecule has 1 heterocycles. The summed E-state index contributed by atoms with van der Waals surface area (Å²) < 4.78 is 42.6. The highest BCUT2D eigenvalue weighted by Crippen LogP contribution is 2.28. The highest BCUT2D eigenvalue weighted by atomic mass is 35.5. The third-order valence-electron chi connectivity index (χ3n) is 2.07. The van der Waals surface area contributed by atoms with Crippen LogP contribution in [-0.2, 0) is 10.9 Å². The number of alkyl halides is 3. The molecule has 1 aromatic heterocycles. The molecule has 0 bridgehead atoms. The van der Waals surface area contributed by atoms with Crippen molar-refractivity contribution in [2.45, 2.75) is 25.9 Å². The lowest BCUT2D eigenvalue weighted by molar-refractivity contribution is -0.144. The first-order valence-corrected chi connectivity index (χ1v) is 6.24. The summed E-state index contributed by atoms with van der Waals surface area (Å²) >= 11 is 5.52. The van der Waals surface area contributed by atoms with Crippen molar-refractivity contribution in [3.05, 3.63) is 17.0 Å². The van der Waals surface area contributed by atoms with Gasteiger partial charge in [0.15, 0.2) is 0 Å². The Morgan fingerprint density at radius 1 is 1.32 bits per heavy atom. The quantitative estimate of drug-likeness (QED) is 0.619. The van der Waals surface area contributed by atoms with Gasteiger partial charge in [-0.25, -0.2) is 9.97 Å². The zero-order valence-electron chi connectivity index (χ0n) is 10.4. The number of aromatic nitrogens is 2. The van der Waals surface area contributed by atoms with Crippen molar-refractivity contribution in [1.29, 1.82) is 0 Å². The van der Waals surface area contributed by atoms with Gasteiger partial charge in [-0.15, -0.1) is 0 Å². The molecule has 0 aliphatic heterocycles. The van der Waals surface area contributed by atoms with E-state index in [1.54, 1.807) is 0 Å². The Balaban J connectivity index is 2.48. The summed E-state index contributed by atoms with van der Waals surface area (Å²) in [5, 5.41) is 2.52. The number of nitrogens with zero attached hydrogens (tertiary/aromatic N) is 2. The summed E-state index contributed by atoms with van der Waals surface area (Å²) in [5.41, 5.74) is 0. The summed E-state index contributed by atoms with van der Waals surface area (Å²) in [4.78, 5) is 6.50. The van der Waals surface area contributed by atoms with E-state index in [9.17, 15) is 13.2 Å². The first-order chi connectivity index (χ1) is 8.93. The van der Waals surface area contributed by atoms with Crippen molar-refractivity contribution in [1.82, 2.24) is 9.97 Å². The van der Waals surface area contributed by atoms with E-state index in [-0.39, 0.29) is 11.0 Å². The summed E-state index contributed by atoms with van der Waals surface area (Å²) in [6, 6.07) is 1.25. The van der Waals surface area contributed by atoms with Crippen LogP contribution in [0, 0.1) is 0 Å².